The lowest BCUT2D eigenvalue weighted by molar-refractivity contribution is -0.197. The smallest absolute Gasteiger partial charge is 0.306 e. The van der Waals surface area contributed by atoms with Crippen LogP contribution in [0.5, 0.6) is 0 Å². The fourth-order valence-corrected chi connectivity index (χ4v) is 4.61. The minimum absolute atomic E-state index is 0.0565. The summed E-state index contributed by atoms with van der Waals surface area (Å²) in [5.74, 6) is -4.49. The fraction of sp³-hybridized carbons (Fsp3) is 0.423. The molecule has 0 spiro atoms. The maximum absolute atomic E-state index is 15.4. The SMILES string of the molecule is Cc1nc(N[C@H](C)c2cccc(C(F)(F)C(C)(O)CO)c2F)c2cc3c(cc2n1)C(C)(C)C(=O)N3C. The summed E-state index contributed by atoms with van der Waals surface area (Å²) in [6.45, 7) is 6.49. The fourth-order valence-electron chi connectivity index (χ4n) is 4.61. The summed E-state index contributed by atoms with van der Waals surface area (Å²) in [6.07, 6.45) is 0. The third kappa shape index (κ3) is 3.79. The van der Waals surface area contributed by atoms with E-state index in [2.05, 4.69) is 15.3 Å². The van der Waals surface area contributed by atoms with Crippen molar-refractivity contribution in [1.82, 2.24) is 9.97 Å². The Morgan fingerprint density at radius 3 is 2.53 bits per heavy atom. The van der Waals surface area contributed by atoms with Crippen LogP contribution in [0.4, 0.5) is 24.7 Å². The number of amides is 1. The number of aryl methyl sites for hydroxylation is 1. The molecule has 3 aromatic rings. The second kappa shape index (κ2) is 8.41. The first-order valence-electron chi connectivity index (χ1n) is 11.5. The van der Waals surface area contributed by atoms with Crippen molar-refractivity contribution in [2.24, 2.45) is 0 Å². The summed E-state index contributed by atoms with van der Waals surface area (Å²) in [6, 6.07) is 6.36. The van der Waals surface area contributed by atoms with Crippen molar-refractivity contribution in [2.45, 2.75) is 57.6 Å². The van der Waals surface area contributed by atoms with Crippen LogP contribution in [0.25, 0.3) is 10.9 Å². The summed E-state index contributed by atoms with van der Waals surface area (Å²) >= 11 is 0. The molecule has 1 aromatic heterocycles. The van der Waals surface area contributed by atoms with E-state index < -0.39 is 41.0 Å². The van der Waals surface area contributed by atoms with Crippen LogP contribution in [0.15, 0.2) is 30.3 Å². The van der Waals surface area contributed by atoms with Gasteiger partial charge in [0.05, 0.1) is 29.1 Å². The molecule has 0 radical (unpaired) electrons. The van der Waals surface area contributed by atoms with Gasteiger partial charge in [0.25, 0.3) is 0 Å². The predicted octanol–water partition coefficient (Wildman–Crippen LogP) is 4.34. The van der Waals surface area contributed by atoms with Crippen LogP contribution in [0, 0.1) is 12.7 Å². The van der Waals surface area contributed by atoms with Gasteiger partial charge >= 0.3 is 5.92 Å². The number of benzene rings is 2. The zero-order chi connectivity index (χ0) is 26.8. The number of alkyl halides is 2. The number of hydrogen-bond acceptors (Lipinski definition) is 6. The average Bonchev–Trinajstić information content (AvgIpc) is 2.97. The van der Waals surface area contributed by atoms with Gasteiger partial charge in [0, 0.05) is 23.7 Å². The number of carbonyl (C=O) groups is 1. The molecule has 2 aromatic carbocycles. The highest BCUT2D eigenvalue weighted by atomic mass is 19.3. The molecule has 1 unspecified atom stereocenters. The molecule has 1 aliphatic heterocycles. The third-order valence-corrected chi connectivity index (χ3v) is 6.97. The van der Waals surface area contributed by atoms with Crippen molar-refractivity contribution < 1.29 is 28.2 Å². The van der Waals surface area contributed by atoms with E-state index in [9.17, 15) is 23.8 Å². The first-order chi connectivity index (χ1) is 16.6. The molecule has 0 bridgehead atoms. The van der Waals surface area contributed by atoms with Gasteiger partial charge in [-0.05, 0) is 58.4 Å². The first-order valence-corrected chi connectivity index (χ1v) is 11.5. The standard InChI is InChI=1S/C26H29F3N4O3/c1-13(15-8-7-9-17(21(15)27)26(28,29)25(5,36)12-34)30-22-16-10-20-18(11-19(16)31-14(2)32-22)24(3,4)23(35)33(20)6/h7-11,13,34,36H,12H2,1-6H3,(H,30,31,32)/t13-,25?/m1/s1. The van der Waals surface area contributed by atoms with Crippen molar-refractivity contribution in [2.75, 3.05) is 23.9 Å². The number of rotatable bonds is 6. The molecule has 1 amide bonds. The minimum Gasteiger partial charge on any atom is -0.393 e. The molecule has 2 heterocycles. The lowest BCUT2D eigenvalue weighted by Crippen LogP contribution is -2.47. The van der Waals surface area contributed by atoms with Gasteiger partial charge in [0.15, 0.2) is 5.60 Å². The first kappa shape index (κ1) is 25.8. The monoisotopic (exact) mass is 502 g/mol. The number of aliphatic hydroxyl groups excluding tert-OH is 1. The number of anilines is 2. The van der Waals surface area contributed by atoms with E-state index in [-0.39, 0.29) is 11.5 Å². The molecule has 36 heavy (non-hydrogen) atoms. The number of halogens is 3. The van der Waals surface area contributed by atoms with E-state index in [1.165, 1.54) is 12.1 Å². The highest BCUT2D eigenvalue weighted by molar-refractivity contribution is 6.10. The molecule has 10 heteroatoms. The highest BCUT2D eigenvalue weighted by Gasteiger charge is 2.52. The van der Waals surface area contributed by atoms with E-state index in [1.807, 2.05) is 19.9 Å². The number of fused-ring (bicyclic) bond motifs is 2. The molecule has 192 valence electrons. The minimum atomic E-state index is -4.04. The Morgan fingerprint density at radius 2 is 1.89 bits per heavy atom. The van der Waals surface area contributed by atoms with Gasteiger partial charge in [-0.3, -0.25) is 4.79 Å². The zero-order valence-electron chi connectivity index (χ0n) is 20.9. The Hall–Kier alpha value is -3.24. The number of hydrogen-bond donors (Lipinski definition) is 3. The van der Waals surface area contributed by atoms with E-state index in [4.69, 9.17) is 0 Å². The van der Waals surface area contributed by atoms with Crippen molar-refractivity contribution in [1.29, 1.82) is 0 Å². The molecule has 3 N–H and O–H groups in total. The van der Waals surface area contributed by atoms with E-state index in [0.29, 0.717) is 28.2 Å². The number of nitrogens with zero attached hydrogens (tertiary/aromatic N) is 3. The number of aliphatic hydroxyl groups is 2. The molecular formula is C26H29F3N4O3. The normalized spacial score (nSPS) is 17.8. The molecule has 7 nitrogen and oxygen atoms in total. The largest absolute Gasteiger partial charge is 0.393 e. The zero-order valence-corrected chi connectivity index (χ0v) is 20.9. The summed E-state index contributed by atoms with van der Waals surface area (Å²) in [5.41, 5.74) is -2.52. The Labute approximate surface area is 207 Å². The van der Waals surface area contributed by atoms with Crippen molar-refractivity contribution in [3.8, 4) is 0 Å². The van der Waals surface area contributed by atoms with Gasteiger partial charge in [-0.25, -0.2) is 14.4 Å². The summed E-state index contributed by atoms with van der Waals surface area (Å²) in [5, 5.41) is 22.9. The molecule has 0 saturated heterocycles. The van der Waals surface area contributed by atoms with E-state index in [1.54, 1.807) is 31.9 Å². The van der Waals surface area contributed by atoms with E-state index >= 15 is 4.39 Å². The maximum atomic E-state index is 15.4. The van der Waals surface area contributed by atoms with Crippen LogP contribution >= 0.6 is 0 Å². The molecule has 0 fully saturated rings. The van der Waals surface area contributed by atoms with Gasteiger partial charge in [-0.2, -0.15) is 8.78 Å². The number of aromatic nitrogens is 2. The summed E-state index contributed by atoms with van der Waals surface area (Å²) < 4.78 is 45.1. The molecule has 0 aliphatic carbocycles. The Morgan fingerprint density at radius 1 is 1.22 bits per heavy atom. The molecular weight excluding hydrogens is 473 g/mol. The van der Waals surface area contributed by atoms with Crippen LogP contribution in [0.3, 0.4) is 0 Å². The second-order valence-electron chi connectivity index (χ2n) is 10.1. The van der Waals surface area contributed by atoms with Crippen LogP contribution < -0.4 is 10.2 Å². The van der Waals surface area contributed by atoms with Gasteiger partial charge in [0.2, 0.25) is 5.91 Å². The average molecular weight is 503 g/mol. The molecule has 2 atom stereocenters. The third-order valence-electron chi connectivity index (χ3n) is 6.97. The topological polar surface area (TPSA) is 98.6 Å². The van der Waals surface area contributed by atoms with Crippen molar-refractivity contribution in [3.05, 3.63) is 58.7 Å². The quantitative estimate of drug-likeness (QED) is 0.464. The number of carbonyl (C=O) groups excluding carboxylic acids is 1. The van der Waals surface area contributed by atoms with Crippen molar-refractivity contribution in [3.63, 3.8) is 0 Å². The Kier molecular flexibility index (Phi) is 6.04. The second-order valence-corrected chi connectivity index (χ2v) is 10.1. The van der Waals surface area contributed by atoms with Crippen molar-refractivity contribution >= 4 is 28.3 Å². The Balaban J connectivity index is 1.78. The summed E-state index contributed by atoms with van der Waals surface area (Å²) in [7, 11) is 1.69. The van der Waals surface area contributed by atoms with Crippen LogP contribution in [-0.4, -0.2) is 45.3 Å². The van der Waals surface area contributed by atoms with Gasteiger partial charge in [-0.15, -0.1) is 0 Å². The lowest BCUT2D eigenvalue weighted by atomic mass is 9.85. The van der Waals surface area contributed by atoms with Gasteiger partial charge in [-0.1, -0.05) is 12.1 Å². The van der Waals surface area contributed by atoms with Crippen LogP contribution in [0.1, 0.15) is 56.3 Å². The van der Waals surface area contributed by atoms with Crippen LogP contribution in [-0.2, 0) is 16.1 Å². The maximum Gasteiger partial charge on any atom is 0.306 e. The molecule has 1 aliphatic rings. The number of likely N-dealkylation sites (N-methyl/N-ethyl adjacent to an activating group) is 1. The highest BCUT2D eigenvalue weighted by Crippen LogP contribution is 2.44. The van der Waals surface area contributed by atoms with E-state index in [0.717, 1.165) is 18.6 Å². The van der Waals surface area contributed by atoms with Gasteiger partial charge < -0.3 is 20.4 Å². The molecule has 0 saturated carbocycles. The summed E-state index contributed by atoms with van der Waals surface area (Å²) in [4.78, 5) is 23.3. The van der Waals surface area contributed by atoms with Gasteiger partial charge in [0.1, 0.15) is 17.5 Å². The lowest BCUT2D eigenvalue weighted by Gasteiger charge is -2.32. The Bertz CT molecular complexity index is 1370. The molecule has 4 rings (SSSR count). The number of nitrogens with one attached hydrogen (secondary N) is 1. The predicted molar refractivity (Wildman–Crippen MR) is 131 cm³/mol. The van der Waals surface area contributed by atoms with Crippen LogP contribution in [0.2, 0.25) is 0 Å².